The van der Waals surface area contributed by atoms with Gasteiger partial charge in [0.2, 0.25) is 0 Å². The third-order valence-electron chi connectivity index (χ3n) is 4.41. The van der Waals surface area contributed by atoms with Gasteiger partial charge in [0.1, 0.15) is 5.82 Å². The Bertz CT molecular complexity index is 589. The van der Waals surface area contributed by atoms with Crippen molar-refractivity contribution in [1.82, 2.24) is 14.9 Å². The third-order valence-corrected chi connectivity index (χ3v) is 4.41. The molecule has 2 aromatic rings. The largest absolute Gasteiger partial charge is 0.331 e. The second kappa shape index (κ2) is 3.82. The Morgan fingerprint density at radius 2 is 2.11 bits per heavy atom. The van der Waals surface area contributed by atoms with Gasteiger partial charge in [-0.05, 0) is 49.4 Å². The normalized spacial score (nSPS) is 23.9. The molecule has 4 rings (SSSR count). The van der Waals surface area contributed by atoms with Gasteiger partial charge >= 0.3 is 0 Å². The first-order chi connectivity index (χ1) is 8.83. The molecule has 94 valence electrons. The molecule has 1 aliphatic heterocycles. The summed E-state index contributed by atoms with van der Waals surface area (Å²) < 4.78 is 2.28. The van der Waals surface area contributed by atoms with Crippen LogP contribution in [0.25, 0.3) is 11.0 Å². The van der Waals surface area contributed by atoms with Crippen LogP contribution in [0.15, 0.2) is 18.2 Å². The first-order valence-electron chi connectivity index (χ1n) is 7.00. The maximum atomic E-state index is 4.85. The molecule has 3 heteroatoms. The first-order valence-corrected chi connectivity index (χ1v) is 7.00. The van der Waals surface area contributed by atoms with Crippen LogP contribution < -0.4 is 5.32 Å². The Morgan fingerprint density at radius 3 is 2.83 bits per heavy atom. The van der Waals surface area contributed by atoms with Gasteiger partial charge in [0, 0.05) is 19.5 Å². The van der Waals surface area contributed by atoms with Crippen LogP contribution in [0.4, 0.5) is 0 Å². The molecule has 0 amide bonds. The van der Waals surface area contributed by atoms with Crippen LogP contribution in [0, 0.1) is 0 Å². The lowest BCUT2D eigenvalue weighted by Crippen LogP contribution is -2.07. The number of aromatic nitrogens is 2. The lowest BCUT2D eigenvalue weighted by atomic mass is 9.98. The molecular formula is C15H19N3. The summed E-state index contributed by atoms with van der Waals surface area (Å²) in [6.45, 7) is 2.27. The molecule has 2 aliphatic rings. The number of hydrogen-bond acceptors (Lipinski definition) is 2. The van der Waals surface area contributed by atoms with Crippen LogP contribution in [0.5, 0.6) is 0 Å². The van der Waals surface area contributed by atoms with Gasteiger partial charge in [-0.2, -0.15) is 0 Å². The minimum Gasteiger partial charge on any atom is -0.331 e. The van der Waals surface area contributed by atoms with Gasteiger partial charge in [-0.1, -0.05) is 6.07 Å². The predicted molar refractivity (Wildman–Crippen MR) is 72.9 cm³/mol. The number of benzene rings is 1. The van der Waals surface area contributed by atoms with Crippen molar-refractivity contribution in [2.75, 3.05) is 13.1 Å². The van der Waals surface area contributed by atoms with Crippen molar-refractivity contribution in [3.8, 4) is 0 Å². The second-order valence-electron chi connectivity index (χ2n) is 5.74. The van der Waals surface area contributed by atoms with Crippen molar-refractivity contribution in [2.45, 2.75) is 31.1 Å². The van der Waals surface area contributed by atoms with Gasteiger partial charge in [-0.25, -0.2) is 4.98 Å². The molecule has 0 radical (unpaired) electrons. The van der Waals surface area contributed by atoms with Crippen LogP contribution in [-0.4, -0.2) is 22.6 Å². The van der Waals surface area contributed by atoms with Crippen molar-refractivity contribution >= 4 is 11.0 Å². The summed E-state index contributed by atoms with van der Waals surface area (Å²) in [6.07, 6.45) is 3.89. The first kappa shape index (κ1) is 10.6. The molecule has 1 N–H and O–H groups in total. The lowest BCUT2D eigenvalue weighted by Gasteiger charge is -2.08. The van der Waals surface area contributed by atoms with Crippen molar-refractivity contribution in [1.29, 1.82) is 0 Å². The molecule has 0 bridgehead atoms. The average molecular weight is 241 g/mol. The average Bonchev–Trinajstić information content (AvgIpc) is 2.98. The molecule has 1 atom stereocenters. The summed E-state index contributed by atoms with van der Waals surface area (Å²) in [5.41, 5.74) is 3.92. The van der Waals surface area contributed by atoms with E-state index in [1.165, 1.54) is 41.7 Å². The van der Waals surface area contributed by atoms with E-state index in [1.807, 2.05) is 0 Å². The van der Waals surface area contributed by atoms with Crippen molar-refractivity contribution in [3.05, 3.63) is 29.6 Å². The van der Waals surface area contributed by atoms with Crippen molar-refractivity contribution < 1.29 is 0 Å². The summed E-state index contributed by atoms with van der Waals surface area (Å²) in [6, 6.07) is 6.85. The molecule has 1 aromatic heterocycles. The Balaban J connectivity index is 1.79. The van der Waals surface area contributed by atoms with Crippen LogP contribution in [0.1, 0.15) is 42.5 Å². The van der Waals surface area contributed by atoms with E-state index in [9.17, 15) is 0 Å². The summed E-state index contributed by atoms with van der Waals surface area (Å²) in [5, 5.41) is 3.44. The minimum atomic E-state index is 0.681. The fourth-order valence-electron chi connectivity index (χ4n) is 3.14. The molecular weight excluding hydrogens is 222 g/mol. The Labute approximate surface area is 107 Å². The Hall–Kier alpha value is -1.35. The van der Waals surface area contributed by atoms with Crippen LogP contribution in [-0.2, 0) is 7.05 Å². The molecule has 2 fully saturated rings. The van der Waals surface area contributed by atoms with Crippen molar-refractivity contribution in [3.63, 3.8) is 0 Å². The predicted octanol–water partition coefficient (Wildman–Crippen LogP) is 2.53. The highest BCUT2D eigenvalue weighted by Crippen LogP contribution is 2.40. The van der Waals surface area contributed by atoms with E-state index in [4.69, 9.17) is 4.98 Å². The molecule has 1 unspecified atom stereocenters. The van der Waals surface area contributed by atoms with Gasteiger partial charge in [0.25, 0.3) is 0 Å². The standard InChI is InChI=1S/C15H19N3/c1-18-14-5-4-11(12-6-7-16-9-12)8-13(14)17-15(18)10-2-3-10/h4-5,8,10,12,16H,2-3,6-7,9H2,1H3. The third kappa shape index (κ3) is 1.57. The van der Waals surface area contributed by atoms with E-state index < -0.39 is 0 Å². The molecule has 2 heterocycles. The zero-order chi connectivity index (χ0) is 12.1. The molecule has 1 aliphatic carbocycles. The quantitative estimate of drug-likeness (QED) is 0.875. The fourth-order valence-corrected chi connectivity index (χ4v) is 3.14. The van der Waals surface area contributed by atoms with Gasteiger partial charge in [0.15, 0.2) is 0 Å². The van der Waals surface area contributed by atoms with Crippen LogP contribution in [0.3, 0.4) is 0 Å². The van der Waals surface area contributed by atoms with E-state index in [1.54, 1.807) is 0 Å². The van der Waals surface area contributed by atoms with Crippen LogP contribution >= 0.6 is 0 Å². The number of imidazole rings is 1. The zero-order valence-electron chi connectivity index (χ0n) is 10.8. The fraction of sp³-hybridized carbons (Fsp3) is 0.533. The van der Waals surface area contributed by atoms with E-state index >= 15 is 0 Å². The zero-order valence-corrected chi connectivity index (χ0v) is 10.8. The summed E-state index contributed by atoms with van der Waals surface area (Å²) in [4.78, 5) is 4.85. The highest BCUT2D eigenvalue weighted by Gasteiger charge is 2.28. The summed E-state index contributed by atoms with van der Waals surface area (Å²) in [5.74, 6) is 2.69. The van der Waals surface area contributed by atoms with Gasteiger partial charge in [-0.15, -0.1) is 0 Å². The maximum Gasteiger partial charge on any atom is 0.112 e. The van der Waals surface area contributed by atoms with E-state index in [0.717, 1.165) is 19.0 Å². The van der Waals surface area contributed by atoms with E-state index in [0.29, 0.717) is 5.92 Å². The monoisotopic (exact) mass is 241 g/mol. The van der Waals surface area contributed by atoms with Gasteiger partial charge in [0.05, 0.1) is 11.0 Å². The highest BCUT2D eigenvalue weighted by atomic mass is 15.1. The summed E-state index contributed by atoms with van der Waals surface area (Å²) >= 11 is 0. The smallest absolute Gasteiger partial charge is 0.112 e. The molecule has 3 nitrogen and oxygen atoms in total. The molecule has 1 saturated heterocycles. The number of aryl methyl sites for hydroxylation is 1. The second-order valence-corrected chi connectivity index (χ2v) is 5.74. The lowest BCUT2D eigenvalue weighted by molar-refractivity contribution is 0.764. The number of rotatable bonds is 2. The van der Waals surface area contributed by atoms with Gasteiger partial charge < -0.3 is 9.88 Å². The Morgan fingerprint density at radius 1 is 1.22 bits per heavy atom. The maximum absolute atomic E-state index is 4.85. The number of fused-ring (bicyclic) bond motifs is 1. The molecule has 1 saturated carbocycles. The number of nitrogens with one attached hydrogen (secondary N) is 1. The summed E-state index contributed by atoms with van der Waals surface area (Å²) in [7, 11) is 2.15. The van der Waals surface area contributed by atoms with Crippen molar-refractivity contribution in [2.24, 2.45) is 7.05 Å². The number of nitrogens with zero attached hydrogens (tertiary/aromatic N) is 2. The highest BCUT2D eigenvalue weighted by molar-refractivity contribution is 5.77. The molecule has 18 heavy (non-hydrogen) atoms. The Kier molecular flexibility index (Phi) is 2.24. The van der Waals surface area contributed by atoms with Gasteiger partial charge in [-0.3, -0.25) is 0 Å². The van der Waals surface area contributed by atoms with Crippen LogP contribution in [0.2, 0.25) is 0 Å². The minimum absolute atomic E-state index is 0.681. The SMILES string of the molecule is Cn1c(C2CC2)nc2cc(C3CCNC3)ccc21. The van der Waals surface area contributed by atoms with E-state index in [-0.39, 0.29) is 0 Å². The number of hydrogen-bond donors (Lipinski definition) is 1. The van der Waals surface area contributed by atoms with E-state index in [2.05, 4.69) is 35.1 Å². The topological polar surface area (TPSA) is 29.9 Å². The molecule has 1 aromatic carbocycles. The molecule has 0 spiro atoms.